The van der Waals surface area contributed by atoms with Crippen LogP contribution in [-0.2, 0) is 47.6 Å². The van der Waals surface area contributed by atoms with Gasteiger partial charge in [-0.2, -0.15) is 0 Å². The molecule has 4 rings (SSSR count). The van der Waals surface area contributed by atoms with E-state index in [1.54, 1.807) is 24.3 Å². The first-order chi connectivity index (χ1) is 22.0. The lowest BCUT2D eigenvalue weighted by atomic mass is 9.88. The van der Waals surface area contributed by atoms with E-state index in [1.165, 1.54) is 27.7 Å². The summed E-state index contributed by atoms with van der Waals surface area (Å²) >= 11 is 6.75. The van der Waals surface area contributed by atoms with E-state index in [0.29, 0.717) is 11.8 Å². The van der Waals surface area contributed by atoms with Gasteiger partial charge in [-0.1, -0.05) is 23.7 Å². The van der Waals surface area contributed by atoms with E-state index < -0.39 is 60.5 Å². The molecule has 4 aliphatic rings. The second kappa shape index (κ2) is 17.0. The Hall–Kier alpha value is -3.31. The lowest BCUT2D eigenvalue weighted by Crippen LogP contribution is -2.41. The van der Waals surface area contributed by atoms with Gasteiger partial charge in [0.2, 0.25) is 0 Å². The van der Waals surface area contributed by atoms with E-state index in [1.807, 2.05) is 0 Å². The van der Waals surface area contributed by atoms with Gasteiger partial charge >= 0.3 is 23.9 Å². The molecule has 0 radical (unpaired) electrons. The first-order valence-corrected chi connectivity index (χ1v) is 16.3. The molecule has 0 N–H and O–H groups in total. The second-order valence-electron chi connectivity index (χ2n) is 12.2. The minimum absolute atomic E-state index is 0.00995. The summed E-state index contributed by atoms with van der Waals surface area (Å²) in [6.45, 7) is 5.19. The molecule has 5 unspecified atom stereocenters. The smallest absolute Gasteiger partial charge is 0.303 e. The fraction of sp³-hybridized carbons (Fsp3) is 0.657. The number of fused-ring (bicyclic) bond motifs is 1. The molecule has 0 spiro atoms. The van der Waals surface area contributed by atoms with Crippen LogP contribution in [-0.4, -0.2) is 79.1 Å². The summed E-state index contributed by atoms with van der Waals surface area (Å²) in [5.41, 5.74) is 0. The number of esters is 4. The van der Waals surface area contributed by atoms with Gasteiger partial charge < -0.3 is 28.4 Å². The van der Waals surface area contributed by atoms with Gasteiger partial charge in [-0.3, -0.25) is 19.2 Å². The van der Waals surface area contributed by atoms with E-state index in [0.717, 1.165) is 38.5 Å². The van der Waals surface area contributed by atoms with Crippen LogP contribution in [0.3, 0.4) is 0 Å². The number of alkyl halides is 1. The maximum Gasteiger partial charge on any atom is 0.303 e. The van der Waals surface area contributed by atoms with Crippen LogP contribution in [0.4, 0.5) is 0 Å². The van der Waals surface area contributed by atoms with Crippen LogP contribution in [0.25, 0.3) is 0 Å². The minimum Gasteiger partial charge on any atom is -0.463 e. The van der Waals surface area contributed by atoms with Crippen molar-refractivity contribution in [1.82, 2.24) is 0 Å². The summed E-state index contributed by atoms with van der Waals surface area (Å²) in [5.74, 6) is 12.9. The Labute approximate surface area is 275 Å². The summed E-state index contributed by atoms with van der Waals surface area (Å²) in [4.78, 5) is 45.8. The molecule has 46 heavy (non-hydrogen) atoms. The standard InChI is InChI=1S/C35H43ClO10/c1-21(37)41-19-34-32(43-23(3)39)15-13-29(45-34)11-6-25-5-9-28(36)10-7-26(31-18-27(31)17-25)8-12-30-14-16-33(44-24(4)40)35(46-30)20-42-22(2)38/h13-16,25-35H,5,7,9-10,17-20H2,1-4H3/t25?,26?,27?,28?,29-,30-,31?,32+,33+,34-,35-/m1/s1. The predicted octanol–water partition coefficient (Wildman–Crippen LogP) is 4.07. The molecule has 250 valence electrons. The van der Waals surface area contributed by atoms with Crippen molar-refractivity contribution in [2.45, 2.75) is 108 Å². The molecule has 2 aliphatic carbocycles. The van der Waals surface area contributed by atoms with Crippen molar-refractivity contribution < 1.29 is 47.6 Å². The Morgan fingerprint density at radius 3 is 1.72 bits per heavy atom. The Bertz CT molecular complexity index is 1300. The van der Waals surface area contributed by atoms with Crippen molar-refractivity contribution in [1.29, 1.82) is 0 Å². The van der Waals surface area contributed by atoms with E-state index in [-0.39, 0.29) is 30.4 Å². The molecule has 2 fully saturated rings. The summed E-state index contributed by atoms with van der Waals surface area (Å²) in [6.07, 6.45) is 8.88. The van der Waals surface area contributed by atoms with E-state index >= 15 is 0 Å². The normalized spacial score (nSPS) is 35.0. The number of halogens is 1. The van der Waals surface area contributed by atoms with Crippen molar-refractivity contribution in [3.63, 3.8) is 0 Å². The van der Waals surface area contributed by atoms with Gasteiger partial charge in [0.1, 0.15) is 49.8 Å². The first kappa shape index (κ1) is 35.5. The van der Waals surface area contributed by atoms with Crippen molar-refractivity contribution in [2.24, 2.45) is 23.7 Å². The fourth-order valence-corrected chi connectivity index (χ4v) is 6.31. The summed E-state index contributed by atoms with van der Waals surface area (Å²) in [5, 5.41) is 0.00995. The number of ether oxygens (including phenoxy) is 6. The second-order valence-corrected chi connectivity index (χ2v) is 12.9. The van der Waals surface area contributed by atoms with E-state index in [9.17, 15) is 19.2 Å². The van der Waals surface area contributed by atoms with E-state index in [4.69, 9.17) is 40.0 Å². The number of rotatable bonds is 6. The highest BCUT2D eigenvalue weighted by Crippen LogP contribution is 2.50. The molecule has 2 heterocycles. The topological polar surface area (TPSA) is 124 Å². The third-order valence-corrected chi connectivity index (χ3v) is 8.81. The van der Waals surface area contributed by atoms with Gasteiger partial charge in [0.05, 0.1) is 0 Å². The molecular weight excluding hydrogens is 616 g/mol. The summed E-state index contributed by atoms with van der Waals surface area (Å²) < 4.78 is 33.0. The molecule has 0 bridgehead atoms. The number of carbonyl (C=O) groups is 4. The Kier molecular flexibility index (Phi) is 13.1. The van der Waals surface area contributed by atoms with Crippen LogP contribution in [0.5, 0.6) is 0 Å². The van der Waals surface area contributed by atoms with Gasteiger partial charge in [-0.15, -0.1) is 11.6 Å². The third kappa shape index (κ3) is 11.5. The molecule has 0 amide bonds. The van der Waals surface area contributed by atoms with Gasteiger partial charge in [0.25, 0.3) is 0 Å². The molecule has 0 aromatic heterocycles. The average molecular weight is 659 g/mol. The molecular formula is C35H43ClO10. The molecule has 0 aromatic rings. The Morgan fingerprint density at radius 1 is 0.674 bits per heavy atom. The SMILES string of the molecule is CC(=O)OC[C@H]1O[C@H](C#CC2CCC(Cl)CCC(C#C[C@@H]3C=C[C@H](OC(C)=O)[C@@H](COC(C)=O)O3)C3CC3C2)C=C[C@@H]1OC(C)=O. The van der Waals surface area contributed by atoms with Gasteiger partial charge in [-0.05, 0) is 74.7 Å². The average Bonchev–Trinajstić information content (AvgIpc) is 3.76. The van der Waals surface area contributed by atoms with Gasteiger partial charge in [-0.25, -0.2) is 0 Å². The monoisotopic (exact) mass is 658 g/mol. The molecule has 11 atom stereocenters. The largest absolute Gasteiger partial charge is 0.463 e. The molecule has 2 saturated carbocycles. The van der Waals surface area contributed by atoms with Crippen LogP contribution in [0.1, 0.15) is 66.2 Å². The van der Waals surface area contributed by atoms with Gasteiger partial charge in [0.15, 0.2) is 0 Å². The molecule has 11 heteroatoms. The zero-order chi connectivity index (χ0) is 33.2. The summed E-state index contributed by atoms with van der Waals surface area (Å²) in [6, 6.07) is 0. The van der Waals surface area contributed by atoms with Crippen molar-refractivity contribution >= 4 is 35.5 Å². The van der Waals surface area contributed by atoms with Crippen LogP contribution >= 0.6 is 11.6 Å². The van der Waals surface area contributed by atoms with Crippen LogP contribution < -0.4 is 0 Å². The third-order valence-electron chi connectivity index (χ3n) is 8.37. The lowest BCUT2D eigenvalue weighted by Gasteiger charge is -2.29. The molecule has 0 aromatic carbocycles. The minimum atomic E-state index is -0.657. The van der Waals surface area contributed by atoms with Crippen molar-refractivity contribution in [2.75, 3.05) is 13.2 Å². The molecule has 2 aliphatic heterocycles. The molecule has 0 saturated heterocycles. The maximum absolute atomic E-state index is 11.5. The van der Waals surface area contributed by atoms with E-state index in [2.05, 4.69) is 23.7 Å². The van der Waals surface area contributed by atoms with Crippen LogP contribution in [0.2, 0.25) is 0 Å². The Morgan fingerprint density at radius 2 is 1.20 bits per heavy atom. The lowest BCUT2D eigenvalue weighted by molar-refractivity contribution is -0.162. The number of carbonyl (C=O) groups excluding carboxylic acids is 4. The number of hydrogen-bond donors (Lipinski definition) is 0. The molecule has 10 nitrogen and oxygen atoms in total. The highest BCUT2D eigenvalue weighted by Gasteiger charge is 2.43. The van der Waals surface area contributed by atoms with Crippen LogP contribution in [0, 0.1) is 47.4 Å². The first-order valence-electron chi connectivity index (χ1n) is 15.9. The highest BCUT2D eigenvalue weighted by molar-refractivity contribution is 6.20. The quantitative estimate of drug-likeness (QED) is 0.136. The zero-order valence-electron chi connectivity index (χ0n) is 26.8. The fourth-order valence-electron chi connectivity index (χ4n) is 6.05. The van der Waals surface area contributed by atoms with Crippen molar-refractivity contribution in [3.8, 4) is 23.7 Å². The zero-order valence-corrected chi connectivity index (χ0v) is 27.5. The highest BCUT2D eigenvalue weighted by atomic mass is 35.5. The van der Waals surface area contributed by atoms with Crippen molar-refractivity contribution in [3.05, 3.63) is 24.3 Å². The summed E-state index contributed by atoms with van der Waals surface area (Å²) in [7, 11) is 0. The Balaban J connectivity index is 1.39. The predicted molar refractivity (Wildman–Crippen MR) is 167 cm³/mol. The maximum atomic E-state index is 11.5. The van der Waals surface area contributed by atoms with Gasteiger partial charge in [0, 0.05) is 44.9 Å². The number of hydrogen-bond acceptors (Lipinski definition) is 10. The van der Waals surface area contributed by atoms with Crippen LogP contribution in [0.15, 0.2) is 24.3 Å².